The van der Waals surface area contributed by atoms with E-state index in [1.54, 1.807) is 42.5 Å². The summed E-state index contributed by atoms with van der Waals surface area (Å²) in [5, 5.41) is 17.8. The number of allylic oxidation sites excluding steroid dienone is 1. The summed E-state index contributed by atoms with van der Waals surface area (Å²) in [5.41, 5.74) is 1.81. The molecule has 86 valence electrons. The molecule has 4 heteroatoms. The number of rotatable bonds is 2. The Morgan fingerprint density at radius 3 is 2.33 bits per heavy atom. The highest BCUT2D eigenvalue weighted by molar-refractivity contribution is 9.10. The van der Waals surface area contributed by atoms with Gasteiger partial charge in [-0.25, -0.2) is 0 Å². The Balaban J connectivity index is 2.37. The second-order valence-electron chi connectivity index (χ2n) is 3.50. The number of hydrogen-bond donors (Lipinski definition) is 0. The van der Waals surface area contributed by atoms with Gasteiger partial charge >= 0.3 is 0 Å². The molecule has 1 aromatic heterocycles. The van der Waals surface area contributed by atoms with Crippen LogP contribution in [0.1, 0.15) is 16.9 Å². The number of nitrogens with zero attached hydrogens (tertiary/aromatic N) is 2. The monoisotopic (exact) mass is 298 g/mol. The molecule has 3 nitrogen and oxygen atoms in total. The van der Waals surface area contributed by atoms with Crippen LogP contribution in [0.2, 0.25) is 0 Å². The van der Waals surface area contributed by atoms with Crippen molar-refractivity contribution in [2.45, 2.75) is 0 Å². The predicted octanol–water partition coefficient (Wildman–Crippen LogP) is 3.98. The molecule has 18 heavy (non-hydrogen) atoms. The molecule has 1 heterocycles. The zero-order chi connectivity index (χ0) is 13.0. The lowest BCUT2D eigenvalue weighted by molar-refractivity contribution is 0.532. The molecule has 2 rings (SSSR count). The van der Waals surface area contributed by atoms with E-state index in [-0.39, 0.29) is 0 Å². The van der Waals surface area contributed by atoms with E-state index < -0.39 is 0 Å². The van der Waals surface area contributed by atoms with Crippen molar-refractivity contribution in [1.82, 2.24) is 0 Å². The molecular formula is C14H7BrN2O. The van der Waals surface area contributed by atoms with Gasteiger partial charge in [0.2, 0.25) is 0 Å². The van der Waals surface area contributed by atoms with Crippen LogP contribution in [0.5, 0.6) is 0 Å². The summed E-state index contributed by atoms with van der Waals surface area (Å²) in [6.07, 6.45) is 1.66. The lowest BCUT2D eigenvalue weighted by atomic mass is 10.0. The maximum absolute atomic E-state index is 9.14. The second kappa shape index (κ2) is 5.35. The van der Waals surface area contributed by atoms with Crippen LogP contribution in [-0.2, 0) is 0 Å². The van der Waals surface area contributed by atoms with Gasteiger partial charge in [-0.1, -0.05) is 12.1 Å². The van der Waals surface area contributed by atoms with E-state index in [0.29, 0.717) is 21.6 Å². The largest absolute Gasteiger partial charge is 0.450 e. The Labute approximate surface area is 113 Å². The zero-order valence-electron chi connectivity index (χ0n) is 9.22. The van der Waals surface area contributed by atoms with E-state index in [1.165, 1.54) is 0 Å². The highest BCUT2D eigenvalue weighted by Crippen LogP contribution is 2.21. The van der Waals surface area contributed by atoms with Crippen molar-refractivity contribution in [2.75, 3.05) is 0 Å². The second-order valence-corrected chi connectivity index (χ2v) is 4.28. The SMILES string of the molecule is N#C/C(=C\c1ccc(Br)o1)c1ccc(C#N)cc1. The fourth-order valence-corrected chi connectivity index (χ4v) is 1.77. The van der Waals surface area contributed by atoms with Gasteiger partial charge < -0.3 is 4.42 Å². The molecular weight excluding hydrogens is 292 g/mol. The van der Waals surface area contributed by atoms with E-state index in [9.17, 15) is 0 Å². The van der Waals surface area contributed by atoms with Crippen molar-refractivity contribution in [3.05, 3.63) is 58.0 Å². The van der Waals surface area contributed by atoms with E-state index in [1.807, 2.05) is 6.07 Å². The van der Waals surface area contributed by atoms with Crippen LogP contribution in [0.3, 0.4) is 0 Å². The average molecular weight is 299 g/mol. The van der Waals surface area contributed by atoms with Crippen LogP contribution in [-0.4, -0.2) is 0 Å². The number of hydrogen-bond acceptors (Lipinski definition) is 3. The molecule has 0 aliphatic heterocycles. The van der Waals surface area contributed by atoms with Crippen LogP contribution < -0.4 is 0 Å². The lowest BCUT2D eigenvalue weighted by Crippen LogP contribution is -1.82. The molecule has 0 saturated heterocycles. The van der Waals surface area contributed by atoms with Crippen LogP contribution in [0, 0.1) is 22.7 Å². The molecule has 2 aromatic rings. The maximum Gasteiger partial charge on any atom is 0.169 e. The van der Waals surface area contributed by atoms with Gasteiger partial charge in [0.25, 0.3) is 0 Å². The van der Waals surface area contributed by atoms with Gasteiger partial charge in [0.05, 0.1) is 23.3 Å². The van der Waals surface area contributed by atoms with Crippen molar-refractivity contribution < 1.29 is 4.42 Å². The first-order chi connectivity index (χ1) is 8.72. The molecule has 0 atom stereocenters. The Morgan fingerprint density at radius 2 is 1.83 bits per heavy atom. The van der Waals surface area contributed by atoms with Crippen molar-refractivity contribution in [1.29, 1.82) is 10.5 Å². The molecule has 0 aliphatic carbocycles. The molecule has 0 saturated carbocycles. The zero-order valence-corrected chi connectivity index (χ0v) is 10.8. The first-order valence-corrected chi connectivity index (χ1v) is 5.90. The third-order valence-electron chi connectivity index (χ3n) is 2.33. The number of benzene rings is 1. The standard InChI is InChI=1S/C14H7BrN2O/c15-14-6-5-13(18-14)7-12(9-17)11-3-1-10(8-16)2-4-11/h1-7H/b12-7+. The van der Waals surface area contributed by atoms with Crippen molar-refractivity contribution in [3.63, 3.8) is 0 Å². The number of furan rings is 1. The molecule has 0 radical (unpaired) electrons. The third-order valence-corrected chi connectivity index (χ3v) is 2.75. The first kappa shape index (κ1) is 12.2. The topological polar surface area (TPSA) is 60.7 Å². The van der Waals surface area contributed by atoms with Gasteiger partial charge in [0, 0.05) is 0 Å². The van der Waals surface area contributed by atoms with Crippen LogP contribution in [0.25, 0.3) is 11.6 Å². The van der Waals surface area contributed by atoms with Crippen molar-refractivity contribution >= 4 is 27.6 Å². The molecule has 0 fully saturated rings. The maximum atomic E-state index is 9.14. The predicted molar refractivity (Wildman–Crippen MR) is 71.0 cm³/mol. The summed E-state index contributed by atoms with van der Waals surface area (Å²) in [6.45, 7) is 0. The van der Waals surface area contributed by atoms with E-state index in [0.717, 1.165) is 5.56 Å². The van der Waals surface area contributed by atoms with Crippen molar-refractivity contribution in [2.24, 2.45) is 0 Å². The number of halogens is 1. The first-order valence-electron chi connectivity index (χ1n) is 5.10. The van der Waals surface area contributed by atoms with Gasteiger partial charge in [-0.15, -0.1) is 0 Å². The molecule has 0 spiro atoms. The molecule has 0 aliphatic rings. The molecule has 0 amide bonds. The smallest absolute Gasteiger partial charge is 0.169 e. The van der Waals surface area contributed by atoms with Gasteiger partial charge in [0.1, 0.15) is 5.76 Å². The summed E-state index contributed by atoms with van der Waals surface area (Å²) in [5.74, 6) is 0.600. The summed E-state index contributed by atoms with van der Waals surface area (Å²) in [4.78, 5) is 0. The summed E-state index contributed by atoms with van der Waals surface area (Å²) < 4.78 is 5.94. The summed E-state index contributed by atoms with van der Waals surface area (Å²) in [6, 6.07) is 14.5. The quantitative estimate of drug-likeness (QED) is 0.788. The minimum atomic E-state index is 0.487. The highest BCUT2D eigenvalue weighted by Gasteiger charge is 2.03. The molecule has 0 N–H and O–H groups in total. The van der Waals surface area contributed by atoms with Crippen LogP contribution in [0.4, 0.5) is 0 Å². The fraction of sp³-hybridized carbons (Fsp3) is 0. The van der Waals surface area contributed by atoms with E-state index in [4.69, 9.17) is 14.9 Å². The van der Waals surface area contributed by atoms with Gasteiger partial charge in [-0.3, -0.25) is 0 Å². The van der Waals surface area contributed by atoms with Crippen LogP contribution >= 0.6 is 15.9 Å². The minimum Gasteiger partial charge on any atom is -0.450 e. The van der Waals surface area contributed by atoms with Gasteiger partial charge in [0.15, 0.2) is 4.67 Å². The molecule has 0 unspecified atom stereocenters. The van der Waals surface area contributed by atoms with Crippen molar-refractivity contribution in [3.8, 4) is 12.1 Å². The van der Waals surface area contributed by atoms with Crippen LogP contribution in [0.15, 0.2) is 45.5 Å². The summed E-state index contributed by atoms with van der Waals surface area (Å²) >= 11 is 3.20. The van der Waals surface area contributed by atoms with E-state index >= 15 is 0 Å². The van der Waals surface area contributed by atoms with Gasteiger partial charge in [-0.05, 0) is 51.8 Å². The fourth-order valence-electron chi connectivity index (χ4n) is 1.45. The Morgan fingerprint density at radius 1 is 1.11 bits per heavy atom. The Kier molecular flexibility index (Phi) is 3.62. The number of nitriles is 2. The normalized spacial score (nSPS) is 10.7. The Hall–Kier alpha value is -2.30. The minimum absolute atomic E-state index is 0.487. The highest BCUT2D eigenvalue weighted by atomic mass is 79.9. The molecule has 1 aromatic carbocycles. The Bertz CT molecular complexity index is 669. The lowest BCUT2D eigenvalue weighted by Gasteiger charge is -1.98. The van der Waals surface area contributed by atoms with Gasteiger partial charge in [-0.2, -0.15) is 10.5 Å². The third kappa shape index (κ3) is 2.68. The summed E-state index contributed by atoms with van der Waals surface area (Å²) in [7, 11) is 0. The molecule has 0 bridgehead atoms. The average Bonchev–Trinajstić information content (AvgIpc) is 2.82. The van der Waals surface area contributed by atoms with E-state index in [2.05, 4.69) is 22.0 Å².